The quantitative estimate of drug-likeness (QED) is 0.317. The Bertz CT molecular complexity index is 427. The van der Waals surface area contributed by atoms with Crippen molar-refractivity contribution in [2.24, 2.45) is 0 Å². The van der Waals surface area contributed by atoms with E-state index >= 15 is 0 Å². The first-order valence-electron chi connectivity index (χ1n) is 10.4. The Morgan fingerprint density at radius 3 is 2.00 bits per heavy atom. The van der Waals surface area contributed by atoms with Crippen molar-refractivity contribution in [3.63, 3.8) is 0 Å². The predicted molar refractivity (Wildman–Crippen MR) is 111 cm³/mol. The summed E-state index contributed by atoms with van der Waals surface area (Å²) in [6.07, 6.45) is 6.02. The highest BCUT2D eigenvalue weighted by Gasteiger charge is 2.40. The number of unbranched alkanes of at least 4 members (excludes halogenated alkanes) is 2. The van der Waals surface area contributed by atoms with E-state index in [0.717, 1.165) is 19.0 Å². The molecule has 0 aliphatic carbocycles. The minimum absolute atomic E-state index is 0.468. The number of nitrogens with one attached hydrogen (secondary N) is 1. The van der Waals surface area contributed by atoms with Gasteiger partial charge < -0.3 is 18.6 Å². The van der Waals surface area contributed by atoms with Gasteiger partial charge in [0.05, 0.1) is 0 Å². The molecule has 0 amide bonds. The third kappa shape index (κ3) is 9.28. The smallest absolute Gasteiger partial charge is 0.374 e. The minimum atomic E-state index is -2.55. The van der Waals surface area contributed by atoms with E-state index in [1.165, 1.54) is 31.2 Å². The van der Waals surface area contributed by atoms with E-state index in [2.05, 4.69) is 42.6 Å². The van der Waals surface area contributed by atoms with Crippen molar-refractivity contribution in [2.75, 3.05) is 19.8 Å². The molecule has 0 spiro atoms. The van der Waals surface area contributed by atoms with Crippen LogP contribution in [0.5, 0.6) is 0 Å². The fourth-order valence-electron chi connectivity index (χ4n) is 3.20. The third-order valence-corrected chi connectivity index (χ3v) is 7.57. The zero-order chi connectivity index (χ0) is 19.1. The van der Waals surface area contributed by atoms with Crippen LogP contribution in [-0.4, -0.2) is 34.7 Å². The second-order valence-electron chi connectivity index (χ2n) is 6.58. The van der Waals surface area contributed by atoms with Crippen LogP contribution in [0.2, 0.25) is 6.04 Å². The number of rotatable bonds is 16. The average molecular weight is 382 g/mol. The Kier molecular flexibility index (Phi) is 12.9. The molecule has 0 bridgehead atoms. The van der Waals surface area contributed by atoms with Crippen molar-refractivity contribution in [1.82, 2.24) is 5.32 Å². The van der Waals surface area contributed by atoms with E-state index in [-0.39, 0.29) is 0 Å². The van der Waals surface area contributed by atoms with Crippen LogP contribution < -0.4 is 5.32 Å². The summed E-state index contributed by atoms with van der Waals surface area (Å²) < 4.78 is 18.0. The molecule has 1 N–H and O–H groups in total. The van der Waals surface area contributed by atoms with Crippen molar-refractivity contribution in [3.05, 3.63) is 35.9 Å². The molecule has 26 heavy (non-hydrogen) atoms. The largest absolute Gasteiger partial charge is 0.500 e. The Labute approximate surface area is 162 Å². The molecule has 0 aromatic heterocycles. The molecule has 1 aromatic carbocycles. The van der Waals surface area contributed by atoms with Crippen LogP contribution in [0.15, 0.2) is 30.3 Å². The van der Waals surface area contributed by atoms with Crippen LogP contribution in [0.1, 0.15) is 65.4 Å². The lowest BCUT2D eigenvalue weighted by molar-refractivity contribution is 0.0699. The van der Waals surface area contributed by atoms with E-state index in [1.54, 1.807) is 0 Å². The van der Waals surface area contributed by atoms with Crippen molar-refractivity contribution in [3.8, 4) is 0 Å². The number of hydrogen-bond donors (Lipinski definition) is 1. The molecule has 0 aliphatic heterocycles. The van der Waals surface area contributed by atoms with Gasteiger partial charge in [-0.15, -0.1) is 0 Å². The van der Waals surface area contributed by atoms with Gasteiger partial charge in [0.15, 0.2) is 0 Å². The average Bonchev–Trinajstić information content (AvgIpc) is 2.65. The molecule has 0 radical (unpaired) electrons. The SMILES string of the molecule is CCCCCC(CC[Si](OCC)(OCC)OCC)NCc1ccccc1. The molecule has 1 atom stereocenters. The van der Waals surface area contributed by atoms with Gasteiger partial charge in [0.1, 0.15) is 0 Å². The number of hydrogen-bond acceptors (Lipinski definition) is 4. The van der Waals surface area contributed by atoms with Gasteiger partial charge in [-0.1, -0.05) is 56.5 Å². The molecule has 4 nitrogen and oxygen atoms in total. The van der Waals surface area contributed by atoms with E-state index in [0.29, 0.717) is 25.9 Å². The van der Waals surface area contributed by atoms with Gasteiger partial charge in [-0.25, -0.2) is 0 Å². The van der Waals surface area contributed by atoms with Crippen LogP contribution in [-0.2, 0) is 19.8 Å². The normalized spacial score (nSPS) is 13.1. The molecule has 1 unspecified atom stereocenters. The highest BCUT2D eigenvalue weighted by atomic mass is 28.4. The summed E-state index contributed by atoms with van der Waals surface area (Å²) in [5, 5.41) is 3.75. The van der Waals surface area contributed by atoms with Crippen molar-refractivity contribution >= 4 is 8.80 Å². The fourth-order valence-corrected chi connectivity index (χ4v) is 5.90. The molecule has 1 rings (SSSR count). The first-order chi connectivity index (χ1) is 12.7. The molecule has 0 fully saturated rings. The van der Waals surface area contributed by atoms with E-state index in [4.69, 9.17) is 13.3 Å². The third-order valence-electron chi connectivity index (χ3n) is 4.49. The van der Waals surface area contributed by atoms with Crippen LogP contribution in [0.4, 0.5) is 0 Å². The Balaban J connectivity index is 2.65. The maximum atomic E-state index is 6.02. The highest BCUT2D eigenvalue weighted by Crippen LogP contribution is 2.21. The lowest BCUT2D eigenvalue weighted by Gasteiger charge is -2.30. The molecule has 0 saturated heterocycles. The maximum Gasteiger partial charge on any atom is 0.500 e. The second kappa shape index (κ2) is 14.3. The Hall–Kier alpha value is -0.723. The molecule has 0 aliphatic rings. The van der Waals surface area contributed by atoms with Gasteiger partial charge in [-0.3, -0.25) is 0 Å². The summed E-state index contributed by atoms with van der Waals surface area (Å²) in [7, 11) is -2.55. The van der Waals surface area contributed by atoms with Gasteiger partial charge in [-0.2, -0.15) is 0 Å². The molecular formula is C21H39NO3Si. The van der Waals surface area contributed by atoms with Crippen molar-refractivity contribution in [1.29, 1.82) is 0 Å². The van der Waals surface area contributed by atoms with E-state index in [9.17, 15) is 0 Å². The lowest BCUT2D eigenvalue weighted by Crippen LogP contribution is -2.47. The van der Waals surface area contributed by atoms with Crippen molar-refractivity contribution < 1.29 is 13.3 Å². The monoisotopic (exact) mass is 381 g/mol. The van der Waals surface area contributed by atoms with E-state index < -0.39 is 8.80 Å². The standard InChI is InChI=1S/C21H39NO3Si/c1-5-9-11-16-21(22-19-20-14-12-10-13-15-20)17-18-26(23-6-2,24-7-3)25-8-4/h10,12-15,21-22H,5-9,11,16-19H2,1-4H3. The molecular weight excluding hydrogens is 342 g/mol. The zero-order valence-electron chi connectivity index (χ0n) is 17.3. The van der Waals surface area contributed by atoms with Gasteiger partial charge >= 0.3 is 8.80 Å². The Morgan fingerprint density at radius 1 is 0.846 bits per heavy atom. The summed E-state index contributed by atoms with van der Waals surface area (Å²) in [6, 6.07) is 12.0. The molecule has 0 heterocycles. The van der Waals surface area contributed by atoms with Gasteiger partial charge in [0, 0.05) is 38.5 Å². The maximum absolute atomic E-state index is 6.02. The predicted octanol–water partition coefficient (Wildman–Crippen LogP) is 5.16. The summed E-state index contributed by atoms with van der Waals surface area (Å²) in [4.78, 5) is 0. The van der Waals surface area contributed by atoms with Gasteiger partial charge in [0.25, 0.3) is 0 Å². The lowest BCUT2D eigenvalue weighted by atomic mass is 10.1. The minimum Gasteiger partial charge on any atom is -0.374 e. The van der Waals surface area contributed by atoms with Gasteiger partial charge in [-0.05, 0) is 39.2 Å². The molecule has 1 aromatic rings. The zero-order valence-corrected chi connectivity index (χ0v) is 18.3. The Morgan fingerprint density at radius 2 is 1.46 bits per heavy atom. The summed E-state index contributed by atoms with van der Waals surface area (Å²) >= 11 is 0. The second-order valence-corrected chi connectivity index (χ2v) is 9.31. The highest BCUT2D eigenvalue weighted by molar-refractivity contribution is 6.60. The van der Waals surface area contributed by atoms with Crippen LogP contribution >= 0.6 is 0 Å². The van der Waals surface area contributed by atoms with Crippen LogP contribution in [0, 0.1) is 0 Å². The summed E-state index contributed by atoms with van der Waals surface area (Å²) in [5.41, 5.74) is 1.33. The first-order valence-corrected chi connectivity index (χ1v) is 12.3. The van der Waals surface area contributed by atoms with Crippen LogP contribution in [0.25, 0.3) is 0 Å². The van der Waals surface area contributed by atoms with E-state index in [1.807, 2.05) is 20.8 Å². The molecule has 5 heteroatoms. The fraction of sp³-hybridized carbons (Fsp3) is 0.714. The number of benzene rings is 1. The topological polar surface area (TPSA) is 39.7 Å². The first kappa shape index (κ1) is 23.3. The molecule has 150 valence electrons. The summed E-state index contributed by atoms with van der Waals surface area (Å²) in [5.74, 6) is 0. The van der Waals surface area contributed by atoms with Gasteiger partial charge in [0.2, 0.25) is 0 Å². The molecule has 0 saturated carbocycles. The van der Waals surface area contributed by atoms with Crippen molar-refractivity contribution in [2.45, 2.75) is 78.4 Å². The van der Waals surface area contributed by atoms with Crippen LogP contribution in [0.3, 0.4) is 0 Å². The summed E-state index contributed by atoms with van der Waals surface area (Å²) in [6.45, 7) is 11.1.